The molecular formula is C18H13FINO2. The number of furan rings is 1. The first-order chi connectivity index (χ1) is 11.0. The highest BCUT2D eigenvalue weighted by Gasteiger charge is 2.17. The van der Waals surface area contributed by atoms with Crippen molar-refractivity contribution in [2.24, 2.45) is 0 Å². The van der Waals surface area contributed by atoms with Gasteiger partial charge in [-0.25, -0.2) is 4.39 Å². The molecule has 0 saturated carbocycles. The topological polar surface area (TPSA) is 42.2 Å². The zero-order valence-corrected chi connectivity index (χ0v) is 14.4. The van der Waals surface area contributed by atoms with Gasteiger partial charge in [0.2, 0.25) is 0 Å². The molecule has 0 atom stereocenters. The summed E-state index contributed by atoms with van der Waals surface area (Å²) in [6, 6.07) is 15.2. The van der Waals surface area contributed by atoms with Crippen LogP contribution in [0.15, 0.2) is 59.0 Å². The summed E-state index contributed by atoms with van der Waals surface area (Å²) >= 11 is 2.17. The summed E-state index contributed by atoms with van der Waals surface area (Å²) < 4.78 is 19.6. The van der Waals surface area contributed by atoms with Crippen LogP contribution in [0.4, 0.5) is 10.1 Å². The molecule has 0 saturated heterocycles. The molecule has 1 amide bonds. The van der Waals surface area contributed by atoms with Gasteiger partial charge in [-0.3, -0.25) is 4.79 Å². The number of carbonyl (C=O) groups is 1. The SMILES string of the molecule is Cc1oc(-c2ccc(F)cc2)cc1C(=O)Nc1ccccc1I. The molecule has 0 bridgehead atoms. The number of para-hydroxylation sites is 1. The number of halogens is 2. The summed E-state index contributed by atoms with van der Waals surface area (Å²) in [5, 5.41) is 2.87. The van der Waals surface area contributed by atoms with Crippen LogP contribution >= 0.6 is 22.6 Å². The summed E-state index contributed by atoms with van der Waals surface area (Å²) in [6.07, 6.45) is 0. The number of benzene rings is 2. The predicted octanol–water partition coefficient (Wildman–Crippen LogP) is 5.25. The van der Waals surface area contributed by atoms with Crippen molar-refractivity contribution in [3.05, 3.63) is 75.3 Å². The fraction of sp³-hybridized carbons (Fsp3) is 0.0556. The Bertz CT molecular complexity index is 856. The van der Waals surface area contributed by atoms with Gasteiger partial charge in [0.05, 0.1) is 11.3 Å². The van der Waals surface area contributed by atoms with Crippen LogP contribution in [0.1, 0.15) is 16.1 Å². The van der Waals surface area contributed by atoms with Gasteiger partial charge in [-0.15, -0.1) is 0 Å². The van der Waals surface area contributed by atoms with Crippen LogP contribution in [0.5, 0.6) is 0 Å². The van der Waals surface area contributed by atoms with E-state index < -0.39 is 0 Å². The van der Waals surface area contributed by atoms with E-state index in [4.69, 9.17) is 4.42 Å². The molecule has 0 unspecified atom stereocenters. The maximum atomic E-state index is 13.0. The Kier molecular flexibility index (Phi) is 4.47. The van der Waals surface area contributed by atoms with E-state index in [1.807, 2.05) is 24.3 Å². The zero-order valence-electron chi connectivity index (χ0n) is 12.3. The fourth-order valence-corrected chi connectivity index (χ4v) is 2.74. The van der Waals surface area contributed by atoms with Gasteiger partial charge in [-0.05, 0) is 72.0 Å². The Morgan fingerprint density at radius 1 is 1.13 bits per heavy atom. The highest BCUT2D eigenvalue weighted by atomic mass is 127. The average Bonchev–Trinajstić information content (AvgIpc) is 2.92. The summed E-state index contributed by atoms with van der Waals surface area (Å²) in [6.45, 7) is 1.73. The quantitative estimate of drug-likeness (QED) is 0.587. The molecule has 0 aliphatic rings. The van der Waals surface area contributed by atoms with Gasteiger partial charge < -0.3 is 9.73 Å². The Balaban J connectivity index is 1.87. The summed E-state index contributed by atoms with van der Waals surface area (Å²) in [5.74, 6) is 0.514. The molecule has 1 aromatic heterocycles. The van der Waals surface area contributed by atoms with Crippen LogP contribution in [0, 0.1) is 16.3 Å². The van der Waals surface area contributed by atoms with Gasteiger partial charge >= 0.3 is 0 Å². The van der Waals surface area contributed by atoms with E-state index in [-0.39, 0.29) is 11.7 Å². The smallest absolute Gasteiger partial charge is 0.259 e. The van der Waals surface area contributed by atoms with Gasteiger partial charge in [-0.2, -0.15) is 0 Å². The van der Waals surface area contributed by atoms with Gasteiger partial charge in [0, 0.05) is 9.13 Å². The fourth-order valence-electron chi connectivity index (χ4n) is 2.22. The molecule has 3 rings (SSSR count). The molecule has 5 heteroatoms. The number of rotatable bonds is 3. The van der Waals surface area contributed by atoms with Crippen LogP contribution < -0.4 is 5.32 Å². The molecule has 0 radical (unpaired) electrons. The van der Waals surface area contributed by atoms with Crippen molar-refractivity contribution < 1.29 is 13.6 Å². The molecule has 1 heterocycles. The lowest BCUT2D eigenvalue weighted by molar-refractivity contribution is 0.102. The number of hydrogen-bond acceptors (Lipinski definition) is 2. The molecule has 0 spiro atoms. The van der Waals surface area contributed by atoms with Crippen LogP contribution in [0.2, 0.25) is 0 Å². The minimum Gasteiger partial charge on any atom is -0.461 e. The highest BCUT2D eigenvalue weighted by molar-refractivity contribution is 14.1. The second-order valence-corrected chi connectivity index (χ2v) is 6.18. The predicted molar refractivity (Wildman–Crippen MR) is 96.0 cm³/mol. The third-order valence-corrected chi connectivity index (χ3v) is 4.35. The largest absolute Gasteiger partial charge is 0.461 e. The van der Waals surface area contributed by atoms with E-state index in [1.165, 1.54) is 12.1 Å². The van der Waals surface area contributed by atoms with E-state index in [0.717, 1.165) is 14.8 Å². The number of carbonyl (C=O) groups excluding carboxylic acids is 1. The first kappa shape index (κ1) is 15.7. The van der Waals surface area contributed by atoms with Crippen molar-refractivity contribution in [2.75, 3.05) is 5.32 Å². The normalized spacial score (nSPS) is 10.6. The summed E-state index contributed by atoms with van der Waals surface area (Å²) in [5.41, 5.74) is 1.94. The second-order valence-electron chi connectivity index (χ2n) is 5.02. The Morgan fingerprint density at radius 3 is 2.52 bits per heavy atom. The standard InChI is InChI=1S/C18H13FINO2/c1-11-14(18(22)21-16-5-3-2-4-15(16)20)10-17(23-11)12-6-8-13(19)9-7-12/h2-10H,1H3,(H,21,22). The Hall–Kier alpha value is -2.15. The van der Waals surface area contributed by atoms with Crippen LogP contribution in [-0.4, -0.2) is 5.91 Å². The number of hydrogen-bond donors (Lipinski definition) is 1. The van der Waals surface area contributed by atoms with E-state index in [2.05, 4.69) is 27.9 Å². The summed E-state index contributed by atoms with van der Waals surface area (Å²) in [7, 11) is 0. The van der Waals surface area contributed by atoms with E-state index >= 15 is 0 Å². The number of amides is 1. The molecule has 3 aromatic rings. The molecular weight excluding hydrogens is 408 g/mol. The maximum Gasteiger partial charge on any atom is 0.259 e. The second kappa shape index (κ2) is 6.54. The lowest BCUT2D eigenvalue weighted by atomic mass is 10.1. The molecule has 23 heavy (non-hydrogen) atoms. The average molecular weight is 421 g/mol. The molecule has 0 fully saturated rings. The lowest BCUT2D eigenvalue weighted by Crippen LogP contribution is -2.12. The van der Waals surface area contributed by atoms with Gasteiger partial charge in [0.15, 0.2) is 0 Å². The third kappa shape index (κ3) is 3.44. The lowest BCUT2D eigenvalue weighted by Gasteiger charge is -2.05. The van der Waals surface area contributed by atoms with Crippen molar-refractivity contribution in [1.82, 2.24) is 0 Å². The minimum atomic E-state index is -0.311. The van der Waals surface area contributed by atoms with Crippen molar-refractivity contribution in [2.45, 2.75) is 6.92 Å². The molecule has 1 N–H and O–H groups in total. The summed E-state index contributed by atoms with van der Waals surface area (Å²) in [4.78, 5) is 12.5. The van der Waals surface area contributed by atoms with Crippen LogP contribution in [0.25, 0.3) is 11.3 Å². The molecule has 0 aliphatic carbocycles. The zero-order chi connectivity index (χ0) is 16.4. The molecule has 2 aromatic carbocycles. The number of aryl methyl sites for hydroxylation is 1. The number of anilines is 1. The highest BCUT2D eigenvalue weighted by Crippen LogP contribution is 2.27. The van der Waals surface area contributed by atoms with Crippen molar-refractivity contribution in [3.63, 3.8) is 0 Å². The first-order valence-corrected chi connectivity index (χ1v) is 8.05. The van der Waals surface area contributed by atoms with Crippen LogP contribution in [0.3, 0.4) is 0 Å². The number of nitrogens with one attached hydrogen (secondary N) is 1. The van der Waals surface area contributed by atoms with Crippen molar-refractivity contribution >= 4 is 34.2 Å². The van der Waals surface area contributed by atoms with Crippen molar-refractivity contribution in [3.8, 4) is 11.3 Å². The van der Waals surface area contributed by atoms with Crippen LogP contribution in [-0.2, 0) is 0 Å². The van der Waals surface area contributed by atoms with Gasteiger partial charge in [0.25, 0.3) is 5.91 Å². The Labute approximate surface area is 146 Å². The third-order valence-electron chi connectivity index (χ3n) is 3.41. The molecule has 3 nitrogen and oxygen atoms in total. The minimum absolute atomic E-state index is 0.233. The first-order valence-electron chi connectivity index (χ1n) is 6.97. The molecule has 0 aliphatic heterocycles. The maximum absolute atomic E-state index is 13.0. The van der Waals surface area contributed by atoms with Crippen molar-refractivity contribution in [1.29, 1.82) is 0 Å². The monoisotopic (exact) mass is 421 g/mol. The van der Waals surface area contributed by atoms with Gasteiger partial charge in [0.1, 0.15) is 17.3 Å². The Morgan fingerprint density at radius 2 is 1.83 bits per heavy atom. The van der Waals surface area contributed by atoms with E-state index in [9.17, 15) is 9.18 Å². The molecule has 116 valence electrons. The van der Waals surface area contributed by atoms with E-state index in [0.29, 0.717) is 17.1 Å². The van der Waals surface area contributed by atoms with Gasteiger partial charge in [-0.1, -0.05) is 12.1 Å². The van der Waals surface area contributed by atoms with E-state index in [1.54, 1.807) is 25.1 Å².